The lowest BCUT2D eigenvalue weighted by Crippen LogP contribution is -2.35. The summed E-state index contributed by atoms with van der Waals surface area (Å²) in [5.41, 5.74) is 0.538. The van der Waals surface area contributed by atoms with Crippen LogP contribution in [0.1, 0.15) is 65.2 Å². The van der Waals surface area contributed by atoms with Crippen LogP contribution >= 0.6 is 11.8 Å². The van der Waals surface area contributed by atoms with Gasteiger partial charge in [-0.25, -0.2) is 9.78 Å². The van der Waals surface area contributed by atoms with Gasteiger partial charge in [-0.15, -0.1) is 0 Å². The zero-order valence-electron chi connectivity index (χ0n) is 14.5. The molecule has 0 spiro atoms. The summed E-state index contributed by atoms with van der Waals surface area (Å²) in [5, 5.41) is 2.95. The molecule has 1 aromatic rings. The Hall–Kier alpha value is -1.17. The maximum absolute atomic E-state index is 12.0. The average Bonchev–Trinajstić information content (AvgIpc) is 2.89. The molecular formula is C16H29N3O2S. The topological polar surface area (TPSA) is 56.1 Å². The molecule has 0 saturated carbocycles. The van der Waals surface area contributed by atoms with Gasteiger partial charge in [-0.1, -0.05) is 6.92 Å². The first-order valence-corrected chi connectivity index (χ1v) is 9.18. The summed E-state index contributed by atoms with van der Waals surface area (Å²) in [7, 11) is 0. The van der Waals surface area contributed by atoms with E-state index in [1.54, 1.807) is 0 Å². The van der Waals surface area contributed by atoms with Crippen LogP contribution in [-0.4, -0.2) is 33.3 Å². The predicted octanol–water partition coefficient (Wildman–Crippen LogP) is 4.17. The minimum absolute atomic E-state index is 0.0888. The molecule has 0 radical (unpaired) electrons. The van der Waals surface area contributed by atoms with Crippen LogP contribution in [0.15, 0.2) is 12.5 Å². The van der Waals surface area contributed by atoms with E-state index in [0.29, 0.717) is 6.04 Å². The second kappa shape index (κ2) is 8.46. The summed E-state index contributed by atoms with van der Waals surface area (Å²) in [6.07, 6.45) is 7.28. The van der Waals surface area contributed by atoms with E-state index in [-0.39, 0.29) is 12.1 Å². The van der Waals surface area contributed by atoms with Crippen molar-refractivity contribution in [1.82, 2.24) is 14.9 Å². The third-order valence-electron chi connectivity index (χ3n) is 3.37. The number of ether oxygens (including phenoxy) is 1. The van der Waals surface area contributed by atoms with E-state index in [0.717, 1.165) is 24.3 Å². The average molecular weight is 327 g/mol. The largest absolute Gasteiger partial charge is 0.444 e. The van der Waals surface area contributed by atoms with E-state index >= 15 is 0 Å². The molecule has 1 amide bonds. The first-order valence-electron chi connectivity index (χ1n) is 7.78. The highest BCUT2D eigenvalue weighted by Crippen LogP contribution is 2.23. The number of aromatic nitrogens is 2. The molecule has 1 rings (SSSR count). The van der Waals surface area contributed by atoms with Crippen molar-refractivity contribution in [2.24, 2.45) is 0 Å². The molecule has 0 aliphatic rings. The molecule has 0 aliphatic carbocycles. The van der Waals surface area contributed by atoms with Crippen LogP contribution < -0.4 is 5.32 Å². The van der Waals surface area contributed by atoms with Crippen molar-refractivity contribution in [3.63, 3.8) is 0 Å². The van der Waals surface area contributed by atoms with E-state index in [9.17, 15) is 4.79 Å². The predicted molar refractivity (Wildman–Crippen MR) is 92.3 cm³/mol. The molecule has 0 aromatic carbocycles. The van der Waals surface area contributed by atoms with E-state index in [1.165, 1.54) is 0 Å². The van der Waals surface area contributed by atoms with E-state index in [2.05, 4.69) is 28.0 Å². The first-order chi connectivity index (χ1) is 10.3. The summed E-state index contributed by atoms with van der Waals surface area (Å²) < 4.78 is 7.50. The van der Waals surface area contributed by atoms with Gasteiger partial charge in [0.1, 0.15) is 5.60 Å². The normalized spacial score (nSPS) is 14.5. The number of rotatable bonds is 7. The highest BCUT2D eigenvalue weighted by atomic mass is 32.2. The fourth-order valence-corrected chi connectivity index (χ4v) is 2.79. The Morgan fingerprint density at radius 2 is 2.18 bits per heavy atom. The molecule has 126 valence electrons. The van der Waals surface area contributed by atoms with Gasteiger partial charge >= 0.3 is 6.09 Å². The standard InChI is InChI=1S/C16H29N3O2S/c1-7-13(18-15(20)21-16(3,4)5)14-10-17-11-19(14)12(2)8-9-22-6/h10-13H,7-9H2,1-6H3,(H,18,20)/t12?,13-/m1/s1. The van der Waals surface area contributed by atoms with Gasteiger partial charge < -0.3 is 14.6 Å². The van der Waals surface area contributed by atoms with Crippen LogP contribution in [0, 0.1) is 0 Å². The number of alkyl carbamates (subject to hydrolysis) is 1. The van der Waals surface area contributed by atoms with Gasteiger partial charge in [-0.3, -0.25) is 0 Å². The molecule has 0 aliphatic heterocycles. The molecule has 1 N–H and O–H groups in total. The SMILES string of the molecule is CC[C@@H](NC(=O)OC(C)(C)C)c1cncn1C(C)CCSC. The minimum atomic E-state index is -0.492. The van der Waals surface area contributed by atoms with Gasteiger partial charge in [-0.05, 0) is 52.5 Å². The lowest BCUT2D eigenvalue weighted by atomic mass is 10.1. The molecule has 1 heterocycles. The van der Waals surface area contributed by atoms with Crippen LogP contribution in [0.25, 0.3) is 0 Å². The lowest BCUT2D eigenvalue weighted by Gasteiger charge is -2.25. The number of nitrogens with one attached hydrogen (secondary N) is 1. The molecular weight excluding hydrogens is 298 g/mol. The number of carbonyl (C=O) groups excluding carboxylic acids is 1. The molecule has 0 saturated heterocycles. The first kappa shape index (κ1) is 18.9. The highest BCUT2D eigenvalue weighted by Gasteiger charge is 2.22. The van der Waals surface area contributed by atoms with Crippen molar-refractivity contribution < 1.29 is 9.53 Å². The van der Waals surface area contributed by atoms with Crippen molar-refractivity contribution in [2.45, 2.75) is 65.1 Å². The Kier molecular flexibility index (Phi) is 7.26. The van der Waals surface area contributed by atoms with Gasteiger partial charge in [0.2, 0.25) is 0 Å². The zero-order chi connectivity index (χ0) is 16.8. The Morgan fingerprint density at radius 3 is 2.73 bits per heavy atom. The van der Waals surface area contributed by atoms with Gasteiger partial charge in [0, 0.05) is 6.04 Å². The van der Waals surface area contributed by atoms with Gasteiger partial charge in [0.05, 0.1) is 24.3 Å². The van der Waals surface area contributed by atoms with Gasteiger partial charge in [0.25, 0.3) is 0 Å². The van der Waals surface area contributed by atoms with Crippen molar-refractivity contribution >= 4 is 17.9 Å². The minimum Gasteiger partial charge on any atom is -0.444 e. The fraction of sp³-hybridized carbons (Fsp3) is 0.750. The molecule has 0 bridgehead atoms. The second-order valence-electron chi connectivity index (χ2n) is 6.46. The number of thioether (sulfide) groups is 1. The number of hydrogen-bond acceptors (Lipinski definition) is 4. The molecule has 22 heavy (non-hydrogen) atoms. The summed E-state index contributed by atoms with van der Waals surface area (Å²) in [6, 6.07) is 0.272. The van der Waals surface area contributed by atoms with E-state index < -0.39 is 5.60 Å². The molecule has 5 nitrogen and oxygen atoms in total. The van der Waals surface area contributed by atoms with Gasteiger partial charge in [0.15, 0.2) is 0 Å². The van der Waals surface area contributed by atoms with Crippen LogP contribution in [-0.2, 0) is 4.74 Å². The Bertz CT molecular complexity index is 468. The maximum Gasteiger partial charge on any atom is 0.408 e. The highest BCUT2D eigenvalue weighted by molar-refractivity contribution is 7.98. The molecule has 2 atom stereocenters. The Labute approximate surface area is 138 Å². The van der Waals surface area contributed by atoms with Crippen molar-refractivity contribution in [1.29, 1.82) is 0 Å². The summed E-state index contributed by atoms with van der Waals surface area (Å²) in [4.78, 5) is 16.3. The van der Waals surface area contributed by atoms with Crippen molar-refractivity contribution in [3.05, 3.63) is 18.2 Å². The molecule has 0 fully saturated rings. The van der Waals surface area contributed by atoms with Crippen LogP contribution in [0.2, 0.25) is 0 Å². The van der Waals surface area contributed by atoms with Crippen molar-refractivity contribution in [3.8, 4) is 0 Å². The third-order valence-corrected chi connectivity index (χ3v) is 4.01. The van der Waals surface area contributed by atoms with Crippen LogP contribution in [0.4, 0.5) is 4.79 Å². The van der Waals surface area contributed by atoms with Crippen LogP contribution in [0.5, 0.6) is 0 Å². The summed E-state index contributed by atoms with van der Waals surface area (Å²) in [6.45, 7) is 9.82. The van der Waals surface area contributed by atoms with Crippen molar-refractivity contribution in [2.75, 3.05) is 12.0 Å². The monoisotopic (exact) mass is 327 g/mol. The molecule has 6 heteroatoms. The maximum atomic E-state index is 12.0. The number of carbonyl (C=O) groups is 1. The smallest absolute Gasteiger partial charge is 0.408 e. The second-order valence-corrected chi connectivity index (χ2v) is 7.45. The Morgan fingerprint density at radius 1 is 1.50 bits per heavy atom. The number of imidazole rings is 1. The number of hydrogen-bond donors (Lipinski definition) is 1. The molecule has 1 aromatic heterocycles. The lowest BCUT2D eigenvalue weighted by molar-refractivity contribution is 0.0499. The zero-order valence-corrected chi connectivity index (χ0v) is 15.4. The Balaban J connectivity index is 2.79. The number of amides is 1. The van der Waals surface area contributed by atoms with Crippen LogP contribution in [0.3, 0.4) is 0 Å². The van der Waals surface area contributed by atoms with E-state index in [4.69, 9.17) is 4.74 Å². The summed E-state index contributed by atoms with van der Waals surface area (Å²) >= 11 is 1.84. The number of nitrogens with zero attached hydrogens (tertiary/aromatic N) is 2. The molecule has 1 unspecified atom stereocenters. The third kappa shape index (κ3) is 5.91. The fourth-order valence-electron chi connectivity index (χ4n) is 2.22. The quantitative estimate of drug-likeness (QED) is 0.816. The van der Waals surface area contributed by atoms with Gasteiger partial charge in [-0.2, -0.15) is 11.8 Å². The summed E-state index contributed by atoms with van der Waals surface area (Å²) in [5.74, 6) is 1.11. The van der Waals surface area contributed by atoms with E-state index in [1.807, 2.05) is 52.0 Å².